The molecule has 0 amide bonds. The van der Waals surface area contributed by atoms with Gasteiger partial charge in [-0.3, -0.25) is 9.78 Å². The van der Waals surface area contributed by atoms with E-state index in [0.717, 1.165) is 22.5 Å². The summed E-state index contributed by atoms with van der Waals surface area (Å²) >= 11 is 1.69. The Bertz CT molecular complexity index is 1130. The Balaban J connectivity index is 0.000000364. The molecule has 2 heterocycles. The van der Waals surface area contributed by atoms with Gasteiger partial charge in [0.15, 0.2) is 5.78 Å². The number of thiophene rings is 1. The molecular formula is C29H38IrNO2S-. The minimum atomic E-state index is -0.417. The third kappa shape index (κ3) is 8.44. The zero-order valence-corrected chi connectivity index (χ0v) is 25.1. The molecule has 0 bridgehead atoms. The minimum absolute atomic E-state index is 0. The van der Waals surface area contributed by atoms with Crippen LogP contribution >= 0.6 is 11.3 Å². The molecule has 0 aliphatic rings. The van der Waals surface area contributed by atoms with Crippen LogP contribution in [0.25, 0.3) is 21.5 Å². The quantitative estimate of drug-likeness (QED) is 0.174. The topological polar surface area (TPSA) is 50.2 Å². The van der Waals surface area contributed by atoms with Gasteiger partial charge in [0.05, 0.1) is 0 Å². The van der Waals surface area contributed by atoms with Crippen LogP contribution in [0, 0.1) is 23.8 Å². The van der Waals surface area contributed by atoms with E-state index < -0.39 is 5.41 Å². The maximum Gasteiger partial charge on any atom is 0.164 e. The van der Waals surface area contributed by atoms with Crippen molar-refractivity contribution in [1.82, 2.24) is 4.98 Å². The molecule has 5 heteroatoms. The second kappa shape index (κ2) is 12.2. The number of carbonyl (C=O) groups excluding carboxylic acids is 1. The van der Waals surface area contributed by atoms with E-state index in [0.29, 0.717) is 5.92 Å². The van der Waals surface area contributed by atoms with Crippen LogP contribution < -0.4 is 0 Å². The van der Waals surface area contributed by atoms with E-state index in [1.165, 1.54) is 22.6 Å². The van der Waals surface area contributed by atoms with Gasteiger partial charge in [0.1, 0.15) is 10.6 Å². The van der Waals surface area contributed by atoms with Crippen molar-refractivity contribution in [2.45, 2.75) is 74.7 Å². The maximum absolute atomic E-state index is 11.5. The van der Waals surface area contributed by atoms with Crippen molar-refractivity contribution in [3.63, 3.8) is 0 Å². The largest absolute Gasteiger partial charge is 0.512 e. The Morgan fingerprint density at radius 2 is 1.76 bits per heavy atom. The van der Waals surface area contributed by atoms with E-state index in [-0.39, 0.29) is 37.1 Å². The Hall–Kier alpha value is -1.81. The van der Waals surface area contributed by atoms with Gasteiger partial charge >= 0.3 is 0 Å². The molecule has 2 aromatic heterocycles. The third-order valence-electron chi connectivity index (χ3n) is 5.58. The number of benzene rings is 1. The summed E-state index contributed by atoms with van der Waals surface area (Å²) in [5.41, 5.74) is 3.93. The Kier molecular flexibility index (Phi) is 10.9. The van der Waals surface area contributed by atoms with E-state index in [1.54, 1.807) is 11.3 Å². The average Bonchev–Trinajstić information content (AvgIpc) is 3.19. The first-order chi connectivity index (χ1) is 15.2. The van der Waals surface area contributed by atoms with E-state index >= 15 is 0 Å². The monoisotopic (exact) mass is 657 g/mol. The summed E-state index contributed by atoms with van der Waals surface area (Å²) in [5.74, 6) is 0.680. The van der Waals surface area contributed by atoms with Crippen molar-refractivity contribution < 1.29 is 30.0 Å². The number of carbonyl (C=O) groups is 1. The normalized spacial score (nSPS) is 13.0. The van der Waals surface area contributed by atoms with Gasteiger partial charge in [-0.15, -0.1) is 46.2 Å². The molecule has 0 aliphatic heterocycles. The van der Waals surface area contributed by atoms with Gasteiger partial charge in [-0.05, 0) is 23.1 Å². The molecule has 187 valence electrons. The summed E-state index contributed by atoms with van der Waals surface area (Å²) in [6.45, 7) is 17.7. The number of hydrogen-bond donors (Lipinski definition) is 1. The summed E-state index contributed by atoms with van der Waals surface area (Å²) in [5, 5.41) is 12.9. The number of aryl methyl sites for hydroxylation is 1. The Labute approximate surface area is 223 Å². The van der Waals surface area contributed by atoms with Crippen LogP contribution in [-0.4, -0.2) is 15.9 Å². The molecule has 3 rings (SSSR count). The zero-order valence-electron chi connectivity index (χ0n) is 21.9. The van der Waals surface area contributed by atoms with Crippen molar-refractivity contribution in [3.8, 4) is 11.3 Å². The Morgan fingerprint density at radius 1 is 1.12 bits per heavy atom. The number of fused-ring (bicyclic) bond motifs is 1. The first-order valence-corrected chi connectivity index (χ1v) is 12.4. The molecule has 0 spiro atoms. The zero-order chi connectivity index (χ0) is 25.0. The second-order valence-electron chi connectivity index (χ2n) is 10.7. The number of allylic oxidation sites excluding steroid dienone is 2. The van der Waals surface area contributed by atoms with Crippen LogP contribution in [0.2, 0.25) is 0 Å². The fourth-order valence-electron chi connectivity index (χ4n) is 2.95. The molecule has 0 saturated heterocycles. The van der Waals surface area contributed by atoms with Crippen LogP contribution in [0.1, 0.15) is 78.9 Å². The molecular weight excluding hydrogens is 619 g/mol. The van der Waals surface area contributed by atoms with Crippen LogP contribution in [0.15, 0.2) is 47.5 Å². The van der Waals surface area contributed by atoms with Crippen LogP contribution in [0.3, 0.4) is 0 Å². The molecule has 3 aromatic rings. The number of aromatic nitrogens is 1. The number of rotatable bonds is 4. The van der Waals surface area contributed by atoms with Gasteiger partial charge in [-0.1, -0.05) is 80.9 Å². The van der Waals surface area contributed by atoms with Gasteiger partial charge in [0.25, 0.3) is 0 Å². The number of aliphatic hydroxyl groups excluding tert-OH is 1. The average molecular weight is 657 g/mol. The second-order valence-corrected chi connectivity index (χ2v) is 11.6. The first kappa shape index (κ1) is 30.2. The molecule has 0 aliphatic carbocycles. The predicted molar refractivity (Wildman–Crippen MR) is 142 cm³/mol. The van der Waals surface area contributed by atoms with Gasteiger partial charge in [0.2, 0.25) is 0 Å². The summed E-state index contributed by atoms with van der Waals surface area (Å²) in [6.07, 6.45) is 2.49. The van der Waals surface area contributed by atoms with Crippen molar-refractivity contribution >= 4 is 27.3 Å². The SMILES string of the molecule is CC(C)(C)C(=O)/C=C(\O)C(C)(C)C.CCC(C)c1cc(C)[c-]c(-c2ccc3ccsc3n2)c1.[Ir]. The summed E-state index contributed by atoms with van der Waals surface area (Å²) in [7, 11) is 0. The standard InChI is InChI=1S/C18H18NS.C11H20O2.Ir/c1-4-13(3)15-9-12(2)10-16(11-15)17-6-5-14-7-8-20-18(14)19-17;1-10(2,3)8(12)7-9(13)11(4,5)6;/h5-9,11,13H,4H2,1-3H3;7,12H,1-6H3;/q-1;;/b;8-7-;. The molecule has 3 nitrogen and oxygen atoms in total. The number of nitrogens with zero attached hydrogens (tertiary/aromatic N) is 1. The summed E-state index contributed by atoms with van der Waals surface area (Å²) < 4.78 is 0. The number of ketones is 1. The van der Waals surface area contributed by atoms with Crippen molar-refractivity contribution in [3.05, 3.63) is 64.7 Å². The van der Waals surface area contributed by atoms with Crippen molar-refractivity contribution in [1.29, 1.82) is 0 Å². The molecule has 34 heavy (non-hydrogen) atoms. The smallest absolute Gasteiger partial charge is 0.164 e. The van der Waals surface area contributed by atoms with Gasteiger partial charge in [-0.2, -0.15) is 0 Å². The number of aliphatic hydroxyl groups is 1. The van der Waals surface area contributed by atoms with Gasteiger partial charge in [-0.25, -0.2) is 0 Å². The molecule has 1 unspecified atom stereocenters. The third-order valence-corrected chi connectivity index (χ3v) is 6.40. The number of hydrogen-bond acceptors (Lipinski definition) is 4. The fraction of sp³-hybridized carbons (Fsp3) is 0.448. The minimum Gasteiger partial charge on any atom is -0.512 e. The van der Waals surface area contributed by atoms with Crippen LogP contribution in [0.4, 0.5) is 0 Å². The Morgan fingerprint density at radius 3 is 2.32 bits per heavy atom. The first-order valence-electron chi connectivity index (χ1n) is 11.6. The molecule has 0 saturated carbocycles. The van der Waals surface area contributed by atoms with E-state index in [9.17, 15) is 9.90 Å². The van der Waals surface area contributed by atoms with Crippen LogP contribution in [-0.2, 0) is 24.9 Å². The van der Waals surface area contributed by atoms with Gasteiger partial charge in [0, 0.05) is 42.4 Å². The van der Waals surface area contributed by atoms with E-state index in [4.69, 9.17) is 4.98 Å². The van der Waals surface area contributed by atoms with E-state index in [1.807, 2.05) is 41.5 Å². The predicted octanol–water partition coefficient (Wildman–Crippen LogP) is 8.67. The van der Waals surface area contributed by atoms with Gasteiger partial charge < -0.3 is 5.11 Å². The summed E-state index contributed by atoms with van der Waals surface area (Å²) in [4.78, 5) is 17.3. The fourth-order valence-corrected chi connectivity index (χ4v) is 3.72. The van der Waals surface area contributed by atoms with E-state index in [2.05, 4.69) is 62.5 Å². The molecule has 1 radical (unpaired) electrons. The van der Waals surface area contributed by atoms with Crippen molar-refractivity contribution in [2.75, 3.05) is 0 Å². The summed E-state index contributed by atoms with van der Waals surface area (Å²) in [6, 6.07) is 14.3. The number of pyridine rings is 1. The molecule has 1 N–H and O–H groups in total. The van der Waals surface area contributed by atoms with Crippen molar-refractivity contribution in [2.24, 2.45) is 10.8 Å². The van der Waals surface area contributed by atoms with Crippen LogP contribution in [0.5, 0.6) is 0 Å². The molecule has 1 atom stereocenters. The molecule has 1 aromatic carbocycles. The maximum atomic E-state index is 11.5. The molecule has 0 fully saturated rings.